The summed E-state index contributed by atoms with van der Waals surface area (Å²) < 4.78 is 5.16. The average molecular weight is 269 g/mol. The predicted octanol–water partition coefficient (Wildman–Crippen LogP) is 3.59. The first-order chi connectivity index (χ1) is 9.83. The second-order valence-electron chi connectivity index (χ2n) is 4.90. The van der Waals surface area contributed by atoms with Crippen molar-refractivity contribution in [1.82, 2.24) is 5.32 Å². The molecule has 2 rings (SSSR count). The van der Waals surface area contributed by atoms with Crippen molar-refractivity contribution in [3.05, 3.63) is 65.2 Å². The monoisotopic (exact) mass is 269 g/mol. The van der Waals surface area contributed by atoms with Crippen molar-refractivity contribution < 1.29 is 4.74 Å². The van der Waals surface area contributed by atoms with E-state index >= 15 is 0 Å². The minimum absolute atomic E-state index is 0.915. The molecular weight excluding hydrogens is 246 g/mol. The summed E-state index contributed by atoms with van der Waals surface area (Å²) in [5, 5.41) is 3.52. The molecule has 0 bridgehead atoms. The molecule has 0 aliphatic heterocycles. The average Bonchev–Trinajstić information content (AvgIpc) is 2.52. The van der Waals surface area contributed by atoms with Crippen LogP contribution in [0.25, 0.3) is 0 Å². The minimum atomic E-state index is 0.915. The zero-order chi connectivity index (χ0) is 14.2. The van der Waals surface area contributed by atoms with E-state index in [9.17, 15) is 0 Å². The molecule has 0 radical (unpaired) electrons. The third-order valence-electron chi connectivity index (χ3n) is 3.56. The number of aryl methyl sites for hydroxylation is 1. The van der Waals surface area contributed by atoms with Crippen molar-refractivity contribution in [2.45, 2.75) is 26.3 Å². The van der Waals surface area contributed by atoms with Gasteiger partial charge in [0.1, 0.15) is 5.75 Å². The standard InChI is InChI=1S/C18H23NO/c1-3-16-6-4-5-7-17(16)14-19-13-12-15-8-10-18(20-2)11-9-15/h4-11,19H,3,12-14H2,1-2H3. The summed E-state index contributed by atoms with van der Waals surface area (Å²) in [4.78, 5) is 0. The molecule has 2 aromatic rings. The Balaban J connectivity index is 1.78. The van der Waals surface area contributed by atoms with E-state index in [0.29, 0.717) is 0 Å². The predicted molar refractivity (Wildman–Crippen MR) is 84.2 cm³/mol. The summed E-state index contributed by atoms with van der Waals surface area (Å²) in [5.41, 5.74) is 4.18. The molecule has 2 heteroatoms. The summed E-state index contributed by atoms with van der Waals surface area (Å²) in [5.74, 6) is 0.915. The third-order valence-corrected chi connectivity index (χ3v) is 3.56. The van der Waals surface area contributed by atoms with Gasteiger partial charge >= 0.3 is 0 Å². The maximum Gasteiger partial charge on any atom is 0.118 e. The topological polar surface area (TPSA) is 21.3 Å². The SMILES string of the molecule is CCc1ccccc1CNCCc1ccc(OC)cc1. The van der Waals surface area contributed by atoms with Gasteiger partial charge in [-0.3, -0.25) is 0 Å². The van der Waals surface area contributed by atoms with Gasteiger partial charge in [0.15, 0.2) is 0 Å². The molecule has 0 amide bonds. The zero-order valence-corrected chi connectivity index (χ0v) is 12.4. The maximum absolute atomic E-state index is 5.16. The van der Waals surface area contributed by atoms with Gasteiger partial charge in [-0.1, -0.05) is 43.3 Å². The van der Waals surface area contributed by atoms with Crippen molar-refractivity contribution in [2.75, 3.05) is 13.7 Å². The molecule has 0 aliphatic rings. The summed E-state index contributed by atoms with van der Waals surface area (Å²) in [7, 11) is 1.70. The van der Waals surface area contributed by atoms with E-state index in [0.717, 1.165) is 31.7 Å². The lowest BCUT2D eigenvalue weighted by molar-refractivity contribution is 0.414. The van der Waals surface area contributed by atoms with Crippen LogP contribution in [0.2, 0.25) is 0 Å². The molecule has 0 aliphatic carbocycles. The van der Waals surface area contributed by atoms with E-state index in [4.69, 9.17) is 4.74 Å². The van der Waals surface area contributed by atoms with Gasteiger partial charge < -0.3 is 10.1 Å². The number of hydrogen-bond donors (Lipinski definition) is 1. The fraction of sp³-hybridized carbons (Fsp3) is 0.333. The largest absolute Gasteiger partial charge is 0.497 e. The van der Waals surface area contributed by atoms with Crippen molar-refractivity contribution in [3.63, 3.8) is 0 Å². The van der Waals surface area contributed by atoms with Crippen molar-refractivity contribution in [3.8, 4) is 5.75 Å². The molecule has 20 heavy (non-hydrogen) atoms. The second-order valence-corrected chi connectivity index (χ2v) is 4.90. The van der Waals surface area contributed by atoms with Gasteiger partial charge in [0.25, 0.3) is 0 Å². The van der Waals surface area contributed by atoms with Crippen LogP contribution in [0, 0.1) is 0 Å². The molecule has 2 aromatic carbocycles. The van der Waals surface area contributed by atoms with Crippen LogP contribution in [-0.4, -0.2) is 13.7 Å². The molecule has 0 saturated carbocycles. The number of benzene rings is 2. The number of rotatable bonds is 7. The highest BCUT2D eigenvalue weighted by molar-refractivity contribution is 5.28. The van der Waals surface area contributed by atoms with Gasteiger partial charge in [0.05, 0.1) is 7.11 Å². The van der Waals surface area contributed by atoms with E-state index in [1.807, 2.05) is 12.1 Å². The highest BCUT2D eigenvalue weighted by Gasteiger charge is 1.99. The van der Waals surface area contributed by atoms with Gasteiger partial charge in [-0.2, -0.15) is 0 Å². The van der Waals surface area contributed by atoms with Crippen LogP contribution in [0.5, 0.6) is 5.75 Å². The van der Waals surface area contributed by atoms with Crippen LogP contribution >= 0.6 is 0 Å². The molecule has 1 N–H and O–H groups in total. The first kappa shape index (κ1) is 14.6. The van der Waals surface area contributed by atoms with Crippen molar-refractivity contribution >= 4 is 0 Å². The Morgan fingerprint density at radius 1 is 0.950 bits per heavy atom. The van der Waals surface area contributed by atoms with Gasteiger partial charge in [-0.25, -0.2) is 0 Å². The van der Waals surface area contributed by atoms with E-state index in [1.54, 1.807) is 7.11 Å². The van der Waals surface area contributed by atoms with Crippen LogP contribution in [0.3, 0.4) is 0 Å². The Kier molecular flexibility index (Phi) is 5.63. The molecule has 0 atom stereocenters. The highest BCUT2D eigenvalue weighted by Crippen LogP contribution is 2.12. The van der Waals surface area contributed by atoms with Crippen LogP contribution in [0.1, 0.15) is 23.6 Å². The number of nitrogens with one attached hydrogen (secondary N) is 1. The molecule has 0 unspecified atom stereocenters. The summed E-state index contributed by atoms with van der Waals surface area (Å²) >= 11 is 0. The molecule has 2 nitrogen and oxygen atoms in total. The molecule has 0 heterocycles. The number of methoxy groups -OCH3 is 1. The van der Waals surface area contributed by atoms with Gasteiger partial charge in [0.2, 0.25) is 0 Å². The lowest BCUT2D eigenvalue weighted by Gasteiger charge is -2.09. The Morgan fingerprint density at radius 2 is 1.65 bits per heavy atom. The molecule has 0 fully saturated rings. The van der Waals surface area contributed by atoms with E-state index in [1.165, 1.54) is 16.7 Å². The molecule has 0 spiro atoms. The quantitative estimate of drug-likeness (QED) is 0.776. The van der Waals surface area contributed by atoms with E-state index in [-0.39, 0.29) is 0 Å². The summed E-state index contributed by atoms with van der Waals surface area (Å²) in [6.07, 6.45) is 2.13. The van der Waals surface area contributed by atoms with Gasteiger partial charge in [-0.05, 0) is 48.2 Å². The summed E-state index contributed by atoms with van der Waals surface area (Å²) in [6, 6.07) is 16.9. The van der Waals surface area contributed by atoms with Crippen molar-refractivity contribution in [2.24, 2.45) is 0 Å². The number of hydrogen-bond acceptors (Lipinski definition) is 2. The molecule has 0 aromatic heterocycles. The molecule has 0 saturated heterocycles. The van der Waals surface area contributed by atoms with E-state index < -0.39 is 0 Å². The Bertz CT molecular complexity index is 519. The lowest BCUT2D eigenvalue weighted by Crippen LogP contribution is -2.17. The fourth-order valence-electron chi connectivity index (χ4n) is 2.32. The van der Waals surface area contributed by atoms with Crippen molar-refractivity contribution in [1.29, 1.82) is 0 Å². The van der Waals surface area contributed by atoms with Crippen LogP contribution in [0.15, 0.2) is 48.5 Å². The first-order valence-electron chi connectivity index (χ1n) is 7.24. The molecular formula is C18H23NO. The minimum Gasteiger partial charge on any atom is -0.497 e. The van der Waals surface area contributed by atoms with Gasteiger partial charge in [-0.15, -0.1) is 0 Å². The maximum atomic E-state index is 5.16. The fourth-order valence-corrected chi connectivity index (χ4v) is 2.32. The third kappa shape index (κ3) is 4.10. The highest BCUT2D eigenvalue weighted by atomic mass is 16.5. The lowest BCUT2D eigenvalue weighted by atomic mass is 10.1. The second kappa shape index (κ2) is 7.71. The first-order valence-corrected chi connectivity index (χ1v) is 7.24. The van der Waals surface area contributed by atoms with Crippen LogP contribution < -0.4 is 10.1 Å². The Hall–Kier alpha value is -1.80. The zero-order valence-electron chi connectivity index (χ0n) is 12.4. The Morgan fingerprint density at radius 3 is 2.30 bits per heavy atom. The molecule has 106 valence electrons. The normalized spacial score (nSPS) is 10.5. The van der Waals surface area contributed by atoms with Crippen LogP contribution in [0.4, 0.5) is 0 Å². The van der Waals surface area contributed by atoms with Crippen LogP contribution in [-0.2, 0) is 19.4 Å². The smallest absolute Gasteiger partial charge is 0.118 e. The van der Waals surface area contributed by atoms with E-state index in [2.05, 4.69) is 48.6 Å². The summed E-state index contributed by atoms with van der Waals surface area (Å²) in [6.45, 7) is 4.14. The van der Waals surface area contributed by atoms with Gasteiger partial charge in [0, 0.05) is 6.54 Å². The Labute approximate surface area is 121 Å². The number of ether oxygens (including phenoxy) is 1.